The Morgan fingerprint density at radius 2 is 1.69 bits per heavy atom. The third-order valence-electron chi connectivity index (χ3n) is 4.33. The van der Waals surface area contributed by atoms with E-state index < -0.39 is 11.9 Å². The number of esters is 1. The number of carbonyl (C=O) groups excluding carboxylic acids is 2. The van der Waals surface area contributed by atoms with Crippen molar-refractivity contribution in [3.8, 4) is 23.0 Å². The summed E-state index contributed by atoms with van der Waals surface area (Å²) in [6.45, 7) is 1.78. The van der Waals surface area contributed by atoms with Crippen LogP contribution in [0.5, 0.6) is 23.0 Å². The molecule has 0 aliphatic carbocycles. The highest BCUT2D eigenvalue weighted by Crippen LogP contribution is 2.38. The number of carbonyl (C=O) groups is 2. The molecule has 0 bridgehead atoms. The summed E-state index contributed by atoms with van der Waals surface area (Å²) in [5.41, 5.74) is 4.02. The molecule has 166 valence electrons. The van der Waals surface area contributed by atoms with Gasteiger partial charge in [0.1, 0.15) is 5.75 Å². The fraction of sp³-hybridized carbons (Fsp3) is 0.182. The maximum absolute atomic E-state index is 12.8. The van der Waals surface area contributed by atoms with Crippen LogP contribution in [0, 0.1) is 6.92 Å². The Balaban J connectivity index is 1.77. The molecule has 1 heterocycles. The van der Waals surface area contributed by atoms with Gasteiger partial charge in [-0.25, -0.2) is 10.2 Å². The number of aromatic amines is 1. The number of methoxy groups -OCH3 is 3. The third kappa shape index (κ3) is 5.04. The summed E-state index contributed by atoms with van der Waals surface area (Å²) < 4.78 is 21.4. The zero-order valence-corrected chi connectivity index (χ0v) is 18.0. The Kier molecular flexibility index (Phi) is 7.06. The van der Waals surface area contributed by atoms with Gasteiger partial charge < -0.3 is 18.9 Å². The molecule has 2 N–H and O–H groups in total. The van der Waals surface area contributed by atoms with Gasteiger partial charge in [-0.1, -0.05) is 12.1 Å². The fourth-order valence-electron chi connectivity index (χ4n) is 2.79. The van der Waals surface area contributed by atoms with Crippen LogP contribution in [0.2, 0.25) is 0 Å². The smallest absolute Gasteiger partial charge is 0.343 e. The zero-order valence-electron chi connectivity index (χ0n) is 18.0. The number of hydrogen-bond donors (Lipinski definition) is 2. The van der Waals surface area contributed by atoms with E-state index in [4.69, 9.17) is 18.9 Å². The maximum Gasteiger partial charge on any atom is 0.343 e. The van der Waals surface area contributed by atoms with Crippen LogP contribution in [0.4, 0.5) is 0 Å². The van der Waals surface area contributed by atoms with E-state index in [1.165, 1.54) is 39.7 Å². The molecule has 1 aromatic heterocycles. The van der Waals surface area contributed by atoms with Crippen molar-refractivity contribution in [2.75, 3.05) is 21.3 Å². The van der Waals surface area contributed by atoms with Gasteiger partial charge in [0.05, 0.1) is 33.1 Å². The minimum Gasteiger partial charge on any atom is -0.493 e. The molecule has 32 heavy (non-hydrogen) atoms. The number of para-hydroxylation sites is 1. The maximum atomic E-state index is 12.8. The number of rotatable bonds is 8. The van der Waals surface area contributed by atoms with E-state index >= 15 is 0 Å². The number of nitrogens with one attached hydrogen (secondary N) is 2. The van der Waals surface area contributed by atoms with Crippen LogP contribution < -0.4 is 24.4 Å². The highest BCUT2D eigenvalue weighted by Gasteiger charge is 2.19. The van der Waals surface area contributed by atoms with E-state index in [9.17, 15) is 9.59 Å². The summed E-state index contributed by atoms with van der Waals surface area (Å²) in [6, 6.07) is 11.3. The first-order valence-corrected chi connectivity index (χ1v) is 9.43. The fourth-order valence-corrected chi connectivity index (χ4v) is 2.79. The standard InChI is InChI=1S/C22H22N4O6/c1-13-9-16(25-24-13)21(27)26-23-12-14-7-5-6-8-17(14)32-22(28)15-10-18(29-2)20(31-4)19(11-15)30-3/h5-12H,1-4H3,(H,24,25)(H,26,27)/b23-12-. The van der Waals surface area contributed by atoms with E-state index in [2.05, 4.69) is 20.7 Å². The number of hydrogen-bond acceptors (Lipinski definition) is 8. The first-order chi connectivity index (χ1) is 15.5. The van der Waals surface area contributed by atoms with Gasteiger partial charge in [0, 0.05) is 11.3 Å². The molecule has 0 spiro atoms. The number of aryl methyl sites for hydroxylation is 1. The number of benzene rings is 2. The zero-order chi connectivity index (χ0) is 23.1. The van der Waals surface area contributed by atoms with Crippen molar-refractivity contribution in [3.63, 3.8) is 0 Å². The third-order valence-corrected chi connectivity index (χ3v) is 4.33. The molecule has 3 aromatic rings. The molecule has 0 saturated carbocycles. The Hall–Kier alpha value is -4.34. The summed E-state index contributed by atoms with van der Waals surface area (Å²) in [5.74, 6) is 0.148. The van der Waals surface area contributed by atoms with Crippen molar-refractivity contribution in [2.24, 2.45) is 5.10 Å². The van der Waals surface area contributed by atoms with Gasteiger partial charge in [0.25, 0.3) is 5.91 Å². The van der Waals surface area contributed by atoms with Crippen molar-refractivity contribution in [1.82, 2.24) is 15.6 Å². The van der Waals surface area contributed by atoms with Crippen molar-refractivity contribution in [1.29, 1.82) is 0 Å². The molecule has 2 aromatic carbocycles. The van der Waals surface area contributed by atoms with Crippen molar-refractivity contribution in [3.05, 3.63) is 65.0 Å². The molecule has 0 radical (unpaired) electrons. The average Bonchev–Trinajstić information content (AvgIpc) is 3.25. The van der Waals surface area contributed by atoms with E-state index in [1.54, 1.807) is 37.3 Å². The van der Waals surface area contributed by atoms with Crippen LogP contribution in [0.15, 0.2) is 47.6 Å². The molecule has 0 atom stereocenters. The second-order valence-electron chi connectivity index (χ2n) is 6.48. The summed E-state index contributed by atoms with van der Waals surface area (Å²) in [7, 11) is 4.38. The van der Waals surface area contributed by atoms with Crippen molar-refractivity contribution >= 4 is 18.1 Å². The van der Waals surface area contributed by atoms with E-state index in [1.807, 2.05) is 0 Å². The second kappa shape index (κ2) is 10.1. The summed E-state index contributed by atoms with van der Waals surface area (Å²) in [5, 5.41) is 10.5. The number of nitrogens with zero attached hydrogens (tertiary/aromatic N) is 2. The van der Waals surface area contributed by atoms with E-state index in [0.717, 1.165) is 5.69 Å². The van der Waals surface area contributed by atoms with E-state index in [-0.39, 0.29) is 17.0 Å². The van der Waals surface area contributed by atoms with Gasteiger partial charge >= 0.3 is 5.97 Å². The molecule has 0 fully saturated rings. The predicted molar refractivity (Wildman–Crippen MR) is 116 cm³/mol. The second-order valence-corrected chi connectivity index (χ2v) is 6.48. The molecule has 3 rings (SSSR count). The number of aromatic nitrogens is 2. The lowest BCUT2D eigenvalue weighted by molar-refractivity contribution is 0.0733. The lowest BCUT2D eigenvalue weighted by atomic mass is 10.1. The van der Waals surface area contributed by atoms with Gasteiger partial charge in [-0.05, 0) is 37.3 Å². The molecule has 0 aliphatic rings. The lowest BCUT2D eigenvalue weighted by Gasteiger charge is -2.14. The molecule has 0 unspecified atom stereocenters. The largest absolute Gasteiger partial charge is 0.493 e. The highest BCUT2D eigenvalue weighted by atomic mass is 16.5. The first-order valence-electron chi connectivity index (χ1n) is 9.43. The summed E-state index contributed by atoms with van der Waals surface area (Å²) >= 11 is 0. The molecule has 10 heteroatoms. The molecular formula is C22H22N4O6. The van der Waals surface area contributed by atoms with Crippen LogP contribution in [0.1, 0.15) is 32.1 Å². The summed E-state index contributed by atoms with van der Waals surface area (Å²) in [4.78, 5) is 24.8. The Bertz CT molecular complexity index is 1130. The van der Waals surface area contributed by atoms with Gasteiger partial charge in [-0.3, -0.25) is 9.89 Å². The Morgan fingerprint density at radius 1 is 1.00 bits per heavy atom. The summed E-state index contributed by atoms with van der Waals surface area (Å²) in [6.07, 6.45) is 1.37. The molecular weight excluding hydrogens is 416 g/mol. The monoisotopic (exact) mass is 438 g/mol. The van der Waals surface area contributed by atoms with Crippen molar-refractivity contribution < 1.29 is 28.5 Å². The van der Waals surface area contributed by atoms with Crippen LogP contribution in [0.3, 0.4) is 0 Å². The lowest BCUT2D eigenvalue weighted by Crippen LogP contribution is -2.18. The quantitative estimate of drug-likeness (QED) is 0.240. The molecule has 0 aliphatic heterocycles. The van der Waals surface area contributed by atoms with Crippen LogP contribution in [-0.2, 0) is 0 Å². The normalized spacial score (nSPS) is 10.6. The van der Waals surface area contributed by atoms with Gasteiger partial charge in [-0.15, -0.1) is 0 Å². The number of ether oxygens (including phenoxy) is 4. The van der Waals surface area contributed by atoms with Crippen molar-refractivity contribution in [2.45, 2.75) is 6.92 Å². The Morgan fingerprint density at radius 3 is 2.28 bits per heavy atom. The number of hydrazone groups is 1. The van der Waals surface area contributed by atoms with Crippen LogP contribution >= 0.6 is 0 Å². The van der Waals surface area contributed by atoms with Crippen LogP contribution in [-0.4, -0.2) is 49.6 Å². The molecule has 0 saturated heterocycles. The van der Waals surface area contributed by atoms with Gasteiger partial charge in [0.2, 0.25) is 5.75 Å². The highest BCUT2D eigenvalue weighted by molar-refractivity contribution is 5.95. The van der Waals surface area contributed by atoms with Crippen LogP contribution in [0.25, 0.3) is 0 Å². The topological polar surface area (TPSA) is 124 Å². The first kappa shape index (κ1) is 22.3. The van der Waals surface area contributed by atoms with Gasteiger partial charge in [-0.2, -0.15) is 10.2 Å². The number of H-pyrrole nitrogens is 1. The van der Waals surface area contributed by atoms with E-state index in [0.29, 0.717) is 22.8 Å². The predicted octanol–water partition coefficient (Wildman–Crippen LogP) is 2.73. The number of amides is 1. The van der Waals surface area contributed by atoms with Gasteiger partial charge in [0.15, 0.2) is 17.2 Å². The average molecular weight is 438 g/mol. The SMILES string of the molecule is COc1cc(C(=O)Oc2ccccc2/C=N\NC(=O)c2cc(C)[nH]n2)cc(OC)c1OC. The minimum absolute atomic E-state index is 0.202. The Labute approximate surface area is 184 Å². The minimum atomic E-state index is -0.638. The molecule has 10 nitrogen and oxygen atoms in total. The molecule has 1 amide bonds.